The van der Waals surface area contributed by atoms with E-state index in [0.29, 0.717) is 17.2 Å². The fraction of sp³-hybridized carbons (Fsp3) is 0.389. The lowest BCUT2D eigenvalue weighted by Gasteiger charge is -2.34. The lowest BCUT2D eigenvalue weighted by atomic mass is 10.2. The van der Waals surface area contributed by atoms with Crippen molar-refractivity contribution < 1.29 is 9.53 Å². The van der Waals surface area contributed by atoms with Crippen LogP contribution in [0.15, 0.2) is 36.5 Å². The largest absolute Gasteiger partial charge is 0.465 e. The third-order valence-electron chi connectivity index (χ3n) is 4.28. The van der Waals surface area contributed by atoms with E-state index in [9.17, 15) is 4.79 Å². The second-order valence-electron chi connectivity index (χ2n) is 5.91. The Balaban J connectivity index is 1.60. The predicted molar refractivity (Wildman–Crippen MR) is 92.0 cm³/mol. The van der Waals surface area contributed by atoms with Crippen LogP contribution in [-0.2, 0) is 11.3 Å². The quantitative estimate of drug-likeness (QED) is 0.800. The highest BCUT2D eigenvalue weighted by Gasteiger charge is 2.20. The van der Waals surface area contributed by atoms with E-state index < -0.39 is 5.97 Å². The molecule has 1 aliphatic rings. The summed E-state index contributed by atoms with van der Waals surface area (Å²) in [6.45, 7) is 6.47. The Hall–Kier alpha value is -2.47. The third kappa shape index (κ3) is 3.71. The molecule has 0 radical (unpaired) electrons. The van der Waals surface area contributed by atoms with Crippen molar-refractivity contribution in [1.29, 1.82) is 0 Å². The first-order valence-corrected chi connectivity index (χ1v) is 8.10. The predicted octanol–water partition coefficient (Wildman–Crippen LogP) is 1.89. The normalized spacial score (nSPS) is 15.3. The molecular weight excluding hydrogens is 304 g/mol. The molecular formula is C18H22N4O2. The van der Waals surface area contributed by atoms with Crippen molar-refractivity contribution in [3.8, 4) is 0 Å². The van der Waals surface area contributed by atoms with Crippen LogP contribution >= 0.6 is 0 Å². The number of piperazine rings is 1. The van der Waals surface area contributed by atoms with Gasteiger partial charge in [0.1, 0.15) is 0 Å². The Morgan fingerprint density at radius 1 is 1.17 bits per heavy atom. The molecule has 0 aliphatic carbocycles. The van der Waals surface area contributed by atoms with Gasteiger partial charge in [0.05, 0.1) is 18.4 Å². The van der Waals surface area contributed by atoms with Crippen LogP contribution in [-0.4, -0.2) is 54.1 Å². The second-order valence-corrected chi connectivity index (χ2v) is 5.91. The summed E-state index contributed by atoms with van der Waals surface area (Å²) >= 11 is 0. The topological polar surface area (TPSA) is 58.6 Å². The Kier molecular flexibility index (Phi) is 5.05. The van der Waals surface area contributed by atoms with Crippen molar-refractivity contribution in [2.75, 3.05) is 38.2 Å². The zero-order chi connectivity index (χ0) is 16.9. The first kappa shape index (κ1) is 16.4. The molecule has 126 valence electrons. The minimum atomic E-state index is -0.397. The molecule has 6 nitrogen and oxygen atoms in total. The number of benzene rings is 1. The average Bonchev–Trinajstić information content (AvgIpc) is 2.62. The number of ether oxygens (including phenoxy) is 1. The van der Waals surface area contributed by atoms with Gasteiger partial charge < -0.3 is 9.64 Å². The van der Waals surface area contributed by atoms with Crippen molar-refractivity contribution in [1.82, 2.24) is 14.9 Å². The Labute approximate surface area is 142 Å². The van der Waals surface area contributed by atoms with Crippen molar-refractivity contribution in [2.45, 2.75) is 13.5 Å². The van der Waals surface area contributed by atoms with Crippen LogP contribution in [0.3, 0.4) is 0 Å². The number of carbonyl (C=O) groups excluding carboxylic acids is 1. The van der Waals surface area contributed by atoms with E-state index in [1.54, 1.807) is 6.20 Å². The number of methoxy groups -OCH3 is 1. The third-order valence-corrected chi connectivity index (χ3v) is 4.28. The Morgan fingerprint density at radius 2 is 1.88 bits per heavy atom. The number of anilines is 1. The lowest BCUT2D eigenvalue weighted by Crippen LogP contribution is -2.46. The first-order chi connectivity index (χ1) is 11.7. The SMILES string of the molecule is COC(=O)c1cnc(N2CCN(Cc3ccccc3)CC2)nc1C. The van der Waals surface area contributed by atoms with Gasteiger partial charge in [0.15, 0.2) is 0 Å². The summed E-state index contributed by atoms with van der Waals surface area (Å²) in [5.41, 5.74) is 2.41. The molecule has 1 saturated heterocycles. The first-order valence-electron chi connectivity index (χ1n) is 8.10. The van der Waals surface area contributed by atoms with Crippen LogP contribution in [0.5, 0.6) is 0 Å². The summed E-state index contributed by atoms with van der Waals surface area (Å²) in [6.07, 6.45) is 1.56. The van der Waals surface area contributed by atoms with Gasteiger partial charge in [-0.05, 0) is 12.5 Å². The monoisotopic (exact) mass is 326 g/mol. The number of carbonyl (C=O) groups is 1. The van der Waals surface area contributed by atoms with Crippen LogP contribution < -0.4 is 4.90 Å². The van der Waals surface area contributed by atoms with Gasteiger partial charge in [0, 0.05) is 38.9 Å². The summed E-state index contributed by atoms with van der Waals surface area (Å²) in [5, 5.41) is 0. The maximum Gasteiger partial charge on any atom is 0.341 e. The number of hydrogen-bond donors (Lipinski definition) is 0. The van der Waals surface area contributed by atoms with Crippen LogP contribution in [0.2, 0.25) is 0 Å². The van der Waals surface area contributed by atoms with E-state index >= 15 is 0 Å². The molecule has 1 aromatic carbocycles. The van der Waals surface area contributed by atoms with Gasteiger partial charge in [-0.3, -0.25) is 4.90 Å². The van der Waals surface area contributed by atoms with Crippen molar-refractivity contribution in [3.05, 3.63) is 53.3 Å². The maximum atomic E-state index is 11.6. The highest BCUT2D eigenvalue weighted by atomic mass is 16.5. The van der Waals surface area contributed by atoms with E-state index in [0.717, 1.165) is 32.7 Å². The molecule has 1 aliphatic heterocycles. The van der Waals surface area contributed by atoms with Crippen molar-refractivity contribution in [3.63, 3.8) is 0 Å². The van der Waals surface area contributed by atoms with Crippen molar-refractivity contribution in [2.24, 2.45) is 0 Å². The van der Waals surface area contributed by atoms with Crippen LogP contribution in [0.4, 0.5) is 5.95 Å². The van der Waals surface area contributed by atoms with Gasteiger partial charge in [-0.15, -0.1) is 0 Å². The molecule has 0 amide bonds. The molecule has 6 heteroatoms. The molecule has 3 rings (SSSR count). The number of esters is 1. The van der Waals surface area contributed by atoms with Crippen molar-refractivity contribution >= 4 is 11.9 Å². The fourth-order valence-electron chi connectivity index (χ4n) is 2.87. The molecule has 2 heterocycles. The zero-order valence-corrected chi connectivity index (χ0v) is 14.1. The molecule has 0 unspecified atom stereocenters. The number of aromatic nitrogens is 2. The van der Waals surface area contributed by atoms with E-state index in [1.165, 1.54) is 12.7 Å². The summed E-state index contributed by atoms with van der Waals surface area (Å²) in [7, 11) is 1.36. The van der Waals surface area contributed by atoms with Crippen LogP contribution in [0, 0.1) is 6.92 Å². The lowest BCUT2D eigenvalue weighted by molar-refractivity contribution is 0.0599. The van der Waals surface area contributed by atoms with Crippen LogP contribution in [0.1, 0.15) is 21.6 Å². The highest BCUT2D eigenvalue weighted by Crippen LogP contribution is 2.15. The Morgan fingerprint density at radius 3 is 2.50 bits per heavy atom. The number of hydrogen-bond acceptors (Lipinski definition) is 6. The standard InChI is InChI=1S/C18H22N4O2/c1-14-16(17(23)24-2)12-19-18(20-14)22-10-8-21(9-11-22)13-15-6-4-3-5-7-15/h3-7,12H,8-11,13H2,1-2H3. The van der Waals surface area contributed by atoms with Gasteiger partial charge in [0.2, 0.25) is 5.95 Å². The van der Waals surface area contributed by atoms with Gasteiger partial charge in [-0.2, -0.15) is 0 Å². The van der Waals surface area contributed by atoms with E-state index in [4.69, 9.17) is 4.74 Å². The second kappa shape index (κ2) is 7.40. The molecule has 0 N–H and O–H groups in total. The molecule has 1 aromatic heterocycles. The summed E-state index contributed by atoms with van der Waals surface area (Å²) < 4.78 is 4.73. The minimum absolute atomic E-state index is 0.397. The molecule has 1 fully saturated rings. The number of rotatable bonds is 4. The van der Waals surface area contributed by atoms with E-state index in [-0.39, 0.29) is 0 Å². The van der Waals surface area contributed by atoms with Gasteiger partial charge in [-0.25, -0.2) is 14.8 Å². The number of nitrogens with zero attached hydrogens (tertiary/aromatic N) is 4. The summed E-state index contributed by atoms with van der Waals surface area (Å²) in [4.78, 5) is 25.0. The summed E-state index contributed by atoms with van der Waals surface area (Å²) in [5.74, 6) is 0.284. The van der Waals surface area contributed by atoms with Gasteiger partial charge >= 0.3 is 5.97 Å². The summed E-state index contributed by atoms with van der Waals surface area (Å²) in [6, 6.07) is 10.5. The molecule has 2 aromatic rings. The van der Waals surface area contributed by atoms with Gasteiger partial charge in [-0.1, -0.05) is 30.3 Å². The van der Waals surface area contributed by atoms with E-state index in [2.05, 4.69) is 44.0 Å². The fourth-order valence-corrected chi connectivity index (χ4v) is 2.87. The highest BCUT2D eigenvalue weighted by molar-refractivity contribution is 5.90. The maximum absolute atomic E-state index is 11.6. The molecule has 0 bridgehead atoms. The smallest absolute Gasteiger partial charge is 0.341 e. The molecule has 0 atom stereocenters. The molecule has 0 spiro atoms. The van der Waals surface area contributed by atoms with E-state index in [1.807, 2.05) is 13.0 Å². The average molecular weight is 326 g/mol. The van der Waals surface area contributed by atoms with Gasteiger partial charge in [0.25, 0.3) is 0 Å². The Bertz CT molecular complexity index is 697. The minimum Gasteiger partial charge on any atom is -0.465 e. The zero-order valence-electron chi connectivity index (χ0n) is 14.1. The number of aryl methyl sites for hydroxylation is 1. The molecule has 0 saturated carbocycles. The van der Waals surface area contributed by atoms with Crippen LogP contribution in [0.25, 0.3) is 0 Å². The molecule has 24 heavy (non-hydrogen) atoms.